The highest BCUT2D eigenvalue weighted by Crippen LogP contribution is 2.06. The fourth-order valence-corrected chi connectivity index (χ4v) is 1.27. The Morgan fingerprint density at radius 2 is 2.07 bits per heavy atom. The minimum atomic E-state index is -0.505. The Morgan fingerprint density at radius 1 is 1.36 bits per heavy atom. The molecular weight excluding hydrogens is 187 g/mol. The number of rotatable bonds is 0. The third-order valence-electron chi connectivity index (χ3n) is 2.06. The molecule has 0 saturated heterocycles. The molecule has 14 heavy (non-hydrogen) atoms. The number of fused-ring (bicyclic) bond motifs is 1. The predicted molar refractivity (Wildman–Crippen MR) is 49.8 cm³/mol. The van der Waals surface area contributed by atoms with Crippen molar-refractivity contribution in [3.8, 4) is 0 Å². The van der Waals surface area contributed by atoms with Crippen LogP contribution in [0.3, 0.4) is 0 Å². The number of halogens is 1. The first-order valence-electron chi connectivity index (χ1n) is 3.98. The van der Waals surface area contributed by atoms with Crippen LogP contribution in [-0.4, -0.2) is 9.55 Å². The van der Waals surface area contributed by atoms with Crippen molar-refractivity contribution in [1.82, 2.24) is 9.55 Å². The number of benzene rings is 1. The lowest BCUT2D eigenvalue weighted by atomic mass is 10.2. The van der Waals surface area contributed by atoms with Crippen LogP contribution in [0.4, 0.5) is 4.39 Å². The highest BCUT2D eigenvalue weighted by atomic mass is 19.1. The molecular formula is C9H7FN2O2. The number of aromatic amines is 1. The van der Waals surface area contributed by atoms with Crippen molar-refractivity contribution in [2.24, 2.45) is 7.05 Å². The molecule has 0 unspecified atom stereocenters. The zero-order chi connectivity index (χ0) is 10.3. The van der Waals surface area contributed by atoms with Gasteiger partial charge in [0, 0.05) is 7.05 Å². The maximum absolute atomic E-state index is 12.8. The first-order valence-corrected chi connectivity index (χ1v) is 3.98. The third kappa shape index (κ3) is 1.14. The third-order valence-corrected chi connectivity index (χ3v) is 2.06. The SMILES string of the molecule is Cn1c(=O)[nH]c2ccc(F)cc2c1=O. The minimum Gasteiger partial charge on any atom is -0.307 e. The summed E-state index contributed by atoms with van der Waals surface area (Å²) in [5, 5.41) is 0.173. The van der Waals surface area contributed by atoms with Gasteiger partial charge in [0.25, 0.3) is 5.56 Å². The van der Waals surface area contributed by atoms with Gasteiger partial charge in [-0.1, -0.05) is 0 Å². The van der Waals surface area contributed by atoms with Crippen molar-refractivity contribution in [3.63, 3.8) is 0 Å². The van der Waals surface area contributed by atoms with Gasteiger partial charge in [-0.2, -0.15) is 0 Å². The first-order chi connectivity index (χ1) is 6.59. The van der Waals surface area contributed by atoms with Crippen molar-refractivity contribution in [2.45, 2.75) is 0 Å². The Labute approximate surface area is 77.6 Å². The lowest BCUT2D eigenvalue weighted by Gasteiger charge is -1.99. The monoisotopic (exact) mass is 194 g/mol. The van der Waals surface area contributed by atoms with E-state index in [0.29, 0.717) is 5.52 Å². The molecule has 0 fully saturated rings. The smallest absolute Gasteiger partial charge is 0.307 e. The van der Waals surface area contributed by atoms with Gasteiger partial charge in [0.15, 0.2) is 0 Å². The molecule has 0 atom stereocenters. The zero-order valence-electron chi connectivity index (χ0n) is 7.37. The zero-order valence-corrected chi connectivity index (χ0v) is 7.37. The maximum atomic E-state index is 12.8. The topological polar surface area (TPSA) is 54.9 Å². The fourth-order valence-electron chi connectivity index (χ4n) is 1.27. The number of nitrogens with zero attached hydrogens (tertiary/aromatic N) is 1. The summed E-state index contributed by atoms with van der Waals surface area (Å²) >= 11 is 0. The number of nitrogens with one attached hydrogen (secondary N) is 1. The van der Waals surface area contributed by atoms with Crippen molar-refractivity contribution in [1.29, 1.82) is 0 Å². The number of hydrogen-bond donors (Lipinski definition) is 1. The molecule has 5 heteroatoms. The van der Waals surface area contributed by atoms with Gasteiger partial charge in [0.2, 0.25) is 0 Å². The molecule has 0 aliphatic carbocycles. The molecule has 1 aromatic heterocycles. The molecule has 0 saturated carbocycles. The Hall–Kier alpha value is -1.91. The van der Waals surface area contributed by atoms with Gasteiger partial charge in [0.1, 0.15) is 5.82 Å². The average Bonchev–Trinajstić information content (AvgIpc) is 2.16. The summed E-state index contributed by atoms with van der Waals surface area (Å²) in [6, 6.07) is 3.67. The predicted octanol–water partition coefficient (Wildman–Crippen LogP) is 0.366. The van der Waals surface area contributed by atoms with E-state index in [-0.39, 0.29) is 5.39 Å². The van der Waals surface area contributed by atoms with Crippen LogP contribution in [0.2, 0.25) is 0 Å². The van der Waals surface area contributed by atoms with E-state index in [1.807, 2.05) is 0 Å². The van der Waals surface area contributed by atoms with Gasteiger partial charge in [-0.05, 0) is 18.2 Å². The van der Waals surface area contributed by atoms with Crippen LogP contribution in [0.1, 0.15) is 0 Å². The van der Waals surface area contributed by atoms with Crippen LogP contribution in [0.5, 0.6) is 0 Å². The van der Waals surface area contributed by atoms with E-state index in [0.717, 1.165) is 10.6 Å². The van der Waals surface area contributed by atoms with Gasteiger partial charge in [-0.3, -0.25) is 9.36 Å². The van der Waals surface area contributed by atoms with E-state index in [1.54, 1.807) is 0 Å². The summed E-state index contributed by atoms with van der Waals surface area (Å²) in [5.74, 6) is -0.498. The molecule has 0 radical (unpaired) electrons. The van der Waals surface area contributed by atoms with E-state index in [4.69, 9.17) is 0 Å². The molecule has 72 valence electrons. The van der Waals surface area contributed by atoms with Crippen molar-refractivity contribution in [3.05, 3.63) is 44.9 Å². The Bertz CT molecular complexity index is 612. The van der Waals surface area contributed by atoms with Crippen LogP contribution in [0.15, 0.2) is 27.8 Å². The average molecular weight is 194 g/mol. The van der Waals surface area contributed by atoms with Crippen molar-refractivity contribution < 1.29 is 4.39 Å². The summed E-state index contributed by atoms with van der Waals surface area (Å²) in [6.45, 7) is 0. The summed E-state index contributed by atoms with van der Waals surface area (Å²) in [6.07, 6.45) is 0. The molecule has 0 aliphatic rings. The maximum Gasteiger partial charge on any atom is 0.328 e. The second-order valence-electron chi connectivity index (χ2n) is 2.98. The van der Waals surface area contributed by atoms with Gasteiger partial charge in [-0.25, -0.2) is 9.18 Å². The second kappa shape index (κ2) is 2.80. The molecule has 0 amide bonds. The quantitative estimate of drug-likeness (QED) is 0.658. The second-order valence-corrected chi connectivity index (χ2v) is 2.98. The molecule has 1 heterocycles. The highest BCUT2D eigenvalue weighted by Gasteiger charge is 2.04. The van der Waals surface area contributed by atoms with Crippen molar-refractivity contribution in [2.75, 3.05) is 0 Å². The fraction of sp³-hybridized carbons (Fsp3) is 0.111. The molecule has 1 aromatic carbocycles. The Balaban J connectivity index is 3.07. The number of hydrogen-bond acceptors (Lipinski definition) is 2. The first kappa shape index (κ1) is 8.68. The summed E-state index contributed by atoms with van der Waals surface area (Å²) in [4.78, 5) is 25.1. The van der Waals surface area contributed by atoms with E-state index in [9.17, 15) is 14.0 Å². The van der Waals surface area contributed by atoms with Gasteiger partial charge >= 0.3 is 5.69 Å². The number of H-pyrrole nitrogens is 1. The molecule has 0 spiro atoms. The molecule has 0 bridgehead atoms. The van der Waals surface area contributed by atoms with Gasteiger partial charge < -0.3 is 4.98 Å². The normalized spacial score (nSPS) is 10.7. The molecule has 0 aliphatic heterocycles. The lowest BCUT2D eigenvalue weighted by molar-refractivity contribution is 0.629. The van der Waals surface area contributed by atoms with E-state index >= 15 is 0 Å². The summed E-state index contributed by atoms with van der Waals surface area (Å²) in [7, 11) is 1.34. The van der Waals surface area contributed by atoms with Gasteiger partial charge in [0.05, 0.1) is 10.9 Å². The molecule has 2 rings (SSSR count). The highest BCUT2D eigenvalue weighted by molar-refractivity contribution is 5.77. The minimum absolute atomic E-state index is 0.173. The molecule has 1 N–H and O–H groups in total. The van der Waals surface area contributed by atoms with Crippen LogP contribution in [0.25, 0.3) is 10.9 Å². The van der Waals surface area contributed by atoms with Crippen LogP contribution in [-0.2, 0) is 7.05 Å². The summed E-state index contributed by atoms with van der Waals surface area (Å²) in [5.41, 5.74) is -0.656. The largest absolute Gasteiger partial charge is 0.328 e. The van der Waals surface area contributed by atoms with E-state index in [2.05, 4.69) is 4.98 Å². The van der Waals surface area contributed by atoms with Crippen molar-refractivity contribution >= 4 is 10.9 Å². The van der Waals surface area contributed by atoms with Crippen LogP contribution in [0, 0.1) is 5.82 Å². The standard InChI is InChI=1S/C9H7FN2O2/c1-12-8(13)6-4-5(10)2-3-7(6)11-9(12)14/h2-4H,1H3,(H,11,14). The van der Waals surface area contributed by atoms with Crippen LogP contribution >= 0.6 is 0 Å². The molecule has 4 nitrogen and oxygen atoms in total. The molecule has 2 aromatic rings. The Morgan fingerprint density at radius 3 is 2.79 bits per heavy atom. The van der Waals surface area contributed by atoms with E-state index < -0.39 is 17.1 Å². The van der Waals surface area contributed by atoms with Crippen LogP contribution < -0.4 is 11.2 Å². The van der Waals surface area contributed by atoms with Gasteiger partial charge in [-0.15, -0.1) is 0 Å². The van der Waals surface area contributed by atoms with E-state index in [1.165, 1.54) is 19.2 Å². The Kier molecular flexibility index (Phi) is 1.73. The summed E-state index contributed by atoms with van der Waals surface area (Å²) < 4.78 is 13.7. The number of aromatic nitrogens is 2. The lowest BCUT2D eigenvalue weighted by Crippen LogP contribution is -2.32.